The first-order chi connectivity index (χ1) is 14.0. The predicted octanol–water partition coefficient (Wildman–Crippen LogP) is 2.40. The Bertz CT molecular complexity index is 872. The third-order valence-corrected chi connectivity index (χ3v) is 6.43. The first-order valence-corrected chi connectivity index (χ1v) is 10.2. The summed E-state index contributed by atoms with van der Waals surface area (Å²) in [6.45, 7) is 1.34. The van der Waals surface area contributed by atoms with E-state index in [0.717, 1.165) is 24.1 Å². The molecule has 2 aliphatic rings. The van der Waals surface area contributed by atoms with Crippen molar-refractivity contribution in [2.24, 2.45) is 0 Å². The summed E-state index contributed by atoms with van der Waals surface area (Å²) in [5.74, 6) is -0.480. The van der Waals surface area contributed by atoms with E-state index in [1.807, 2.05) is 12.1 Å². The highest BCUT2D eigenvalue weighted by molar-refractivity contribution is 5.93. The topological polar surface area (TPSA) is 78.7 Å². The quantitative estimate of drug-likeness (QED) is 0.840. The van der Waals surface area contributed by atoms with Gasteiger partial charge in [-0.3, -0.25) is 14.6 Å². The van der Waals surface area contributed by atoms with Crippen LogP contribution in [0.5, 0.6) is 0 Å². The lowest BCUT2D eigenvalue weighted by atomic mass is 9.92. The van der Waals surface area contributed by atoms with Crippen molar-refractivity contribution in [1.29, 1.82) is 0 Å². The lowest BCUT2D eigenvalue weighted by molar-refractivity contribution is -0.123. The van der Waals surface area contributed by atoms with Crippen LogP contribution in [0.25, 0.3) is 0 Å². The van der Waals surface area contributed by atoms with E-state index in [2.05, 4.69) is 29.3 Å². The number of rotatable bonds is 5. The van der Waals surface area contributed by atoms with Crippen molar-refractivity contribution in [1.82, 2.24) is 20.1 Å². The first-order valence-electron chi connectivity index (χ1n) is 10.2. The summed E-state index contributed by atoms with van der Waals surface area (Å²) in [4.78, 5) is 34.4. The van der Waals surface area contributed by atoms with Crippen LogP contribution >= 0.6 is 0 Å². The molecule has 4 rings (SSSR count). The van der Waals surface area contributed by atoms with E-state index in [-0.39, 0.29) is 23.1 Å². The van der Waals surface area contributed by atoms with Gasteiger partial charge < -0.3 is 19.5 Å². The smallest absolute Gasteiger partial charge is 0.289 e. The molecule has 0 saturated heterocycles. The molecular formula is C22H28N4O3. The van der Waals surface area contributed by atoms with Crippen LogP contribution in [-0.4, -0.2) is 59.3 Å². The molecule has 1 unspecified atom stereocenters. The Hall–Kier alpha value is -2.67. The standard InChI is InChI=1S/C22H28N4O3/c1-25(2)22(9-3-4-10-22)15-24-20(27)17-14-26(21(28)18-8-6-12-29-18)13-16-7-5-11-23-19(16)17/h5-8,11-12,17H,3-4,9-10,13-15H2,1-2H3,(H,24,27). The van der Waals surface area contributed by atoms with Crippen molar-refractivity contribution in [3.8, 4) is 0 Å². The van der Waals surface area contributed by atoms with Crippen molar-refractivity contribution >= 4 is 11.8 Å². The number of nitrogens with zero attached hydrogens (tertiary/aromatic N) is 3. The molecule has 1 fully saturated rings. The molecule has 0 aromatic carbocycles. The number of likely N-dealkylation sites (N-methyl/N-ethyl adjacent to an activating group) is 1. The minimum absolute atomic E-state index is 0.0148. The molecule has 0 spiro atoms. The molecule has 7 nitrogen and oxygen atoms in total. The van der Waals surface area contributed by atoms with Gasteiger partial charge in [0.15, 0.2) is 5.76 Å². The Kier molecular flexibility index (Phi) is 5.41. The second-order valence-electron chi connectivity index (χ2n) is 8.31. The van der Waals surface area contributed by atoms with Crippen LogP contribution in [-0.2, 0) is 11.3 Å². The fraction of sp³-hybridized carbons (Fsp3) is 0.500. The third kappa shape index (κ3) is 3.79. The molecule has 154 valence electrons. The highest BCUT2D eigenvalue weighted by Crippen LogP contribution is 2.34. The average Bonchev–Trinajstić information content (AvgIpc) is 3.43. The minimum Gasteiger partial charge on any atom is -0.459 e. The number of nitrogens with one attached hydrogen (secondary N) is 1. The van der Waals surface area contributed by atoms with Crippen molar-refractivity contribution in [2.75, 3.05) is 27.2 Å². The summed E-state index contributed by atoms with van der Waals surface area (Å²) < 4.78 is 5.27. The van der Waals surface area contributed by atoms with Crippen molar-refractivity contribution in [2.45, 2.75) is 43.7 Å². The Morgan fingerprint density at radius 3 is 2.76 bits per heavy atom. The number of fused-ring (bicyclic) bond motifs is 1. The van der Waals surface area contributed by atoms with Crippen LogP contribution in [0.15, 0.2) is 41.1 Å². The predicted molar refractivity (Wildman–Crippen MR) is 108 cm³/mol. The molecule has 1 atom stereocenters. The monoisotopic (exact) mass is 396 g/mol. The molecule has 1 N–H and O–H groups in total. The van der Waals surface area contributed by atoms with Gasteiger partial charge in [0.1, 0.15) is 0 Å². The summed E-state index contributed by atoms with van der Waals surface area (Å²) in [5, 5.41) is 3.17. The summed E-state index contributed by atoms with van der Waals surface area (Å²) in [5.41, 5.74) is 1.68. The van der Waals surface area contributed by atoms with Gasteiger partial charge in [-0.15, -0.1) is 0 Å². The van der Waals surface area contributed by atoms with E-state index in [4.69, 9.17) is 4.42 Å². The van der Waals surface area contributed by atoms with Crippen molar-refractivity contribution in [3.05, 3.63) is 53.7 Å². The van der Waals surface area contributed by atoms with Gasteiger partial charge in [0, 0.05) is 31.4 Å². The maximum atomic E-state index is 13.2. The largest absolute Gasteiger partial charge is 0.459 e. The zero-order chi connectivity index (χ0) is 20.4. The van der Waals surface area contributed by atoms with Crippen LogP contribution in [0.4, 0.5) is 0 Å². The van der Waals surface area contributed by atoms with Crippen LogP contribution in [0.2, 0.25) is 0 Å². The van der Waals surface area contributed by atoms with Crippen molar-refractivity contribution in [3.63, 3.8) is 0 Å². The number of amides is 2. The highest BCUT2D eigenvalue weighted by atomic mass is 16.3. The zero-order valence-electron chi connectivity index (χ0n) is 17.1. The SMILES string of the molecule is CN(C)C1(CNC(=O)C2CN(C(=O)c3ccco3)Cc3cccnc32)CCCC1. The van der Waals surface area contributed by atoms with Crippen LogP contribution < -0.4 is 5.32 Å². The lowest BCUT2D eigenvalue weighted by Crippen LogP contribution is -2.52. The Balaban J connectivity index is 1.53. The minimum atomic E-state index is -0.487. The molecule has 2 aromatic heterocycles. The van der Waals surface area contributed by atoms with E-state index < -0.39 is 5.92 Å². The maximum absolute atomic E-state index is 13.2. The second-order valence-corrected chi connectivity index (χ2v) is 8.31. The van der Waals surface area contributed by atoms with E-state index in [1.165, 1.54) is 19.1 Å². The molecule has 0 bridgehead atoms. The van der Waals surface area contributed by atoms with Gasteiger partial charge in [-0.1, -0.05) is 18.9 Å². The molecular weight excluding hydrogens is 368 g/mol. The van der Waals surface area contributed by atoms with E-state index in [9.17, 15) is 9.59 Å². The molecule has 0 radical (unpaired) electrons. The molecule has 1 saturated carbocycles. The Morgan fingerprint density at radius 1 is 1.28 bits per heavy atom. The Labute approximate surface area is 171 Å². The third-order valence-electron chi connectivity index (χ3n) is 6.43. The van der Waals surface area contributed by atoms with Crippen LogP contribution in [0.3, 0.4) is 0 Å². The van der Waals surface area contributed by atoms with Gasteiger partial charge in [-0.05, 0) is 50.7 Å². The average molecular weight is 396 g/mol. The number of hydrogen-bond acceptors (Lipinski definition) is 5. The van der Waals surface area contributed by atoms with E-state index >= 15 is 0 Å². The molecule has 1 aliphatic carbocycles. The van der Waals surface area contributed by atoms with E-state index in [0.29, 0.717) is 19.6 Å². The number of hydrogen-bond donors (Lipinski definition) is 1. The second kappa shape index (κ2) is 7.99. The fourth-order valence-electron chi connectivity index (χ4n) is 4.58. The fourth-order valence-corrected chi connectivity index (χ4v) is 4.58. The number of aromatic nitrogens is 1. The number of carbonyl (C=O) groups is 2. The maximum Gasteiger partial charge on any atom is 0.289 e. The number of carbonyl (C=O) groups excluding carboxylic acids is 2. The summed E-state index contributed by atoms with van der Waals surface area (Å²) in [6, 6.07) is 7.12. The van der Waals surface area contributed by atoms with Gasteiger partial charge in [0.25, 0.3) is 5.91 Å². The Morgan fingerprint density at radius 2 is 2.07 bits per heavy atom. The summed E-state index contributed by atoms with van der Waals surface area (Å²) in [7, 11) is 4.16. The van der Waals surface area contributed by atoms with Gasteiger partial charge in [0.2, 0.25) is 5.91 Å². The molecule has 29 heavy (non-hydrogen) atoms. The molecule has 2 amide bonds. The van der Waals surface area contributed by atoms with Gasteiger partial charge in [0.05, 0.1) is 17.9 Å². The first kappa shape index (κ1) is 19.6. The molecule has 3 heterocycles. The van der Waals surface area contributed by atoms with Gasteiger partial charge in [-0.25, -0.2) is 0 Å². The summed E-state index contributed by atoms with van der Waals surface area (Å²) in [6.07, 6.45) is 7.74. The molecule has 2 aromatic rings. The van der Waals surface area contributed by atoms with Crippen LogP contribution in [0.1, 0.15) is 53.4 Å². The van der Waals surface area contributed by atoms with Crippen LogP contribution in [0, 0.1) is 0 Å². The van der Waals surface area contributed by atoms with Crippen molar-refractivity contribution < 1.29 is 14.0 Å². The van der Waals surface area contributed by atoms with Gasteiger partial charge >= 0.3 is 0 Å². The van der Waals surface area contributed by atoms with Gasteiger partial charge in [-0.2, -0.15) is 0 Å². The highest BCUT2D eigenvalue weighted by Gasteiger charge is 2.39. The lowest BCUT2D eigenvalue weighted by Gasteiger charge is -2.38. The zero-order valence-corrected chi connectivity index (χ0v) is 17.1. The number of furan rings is 1. The molecule has 7 heteroatoms. The summed E-state index contributed by atoms with van der Waals surface area (Å²) >= 11 is 0. The van der Waals surface area contributed by atoms with E-state index in [1.54, 1.807) is 23.2 Å². The molecule has 1 aliphatic heterocycles. The normalized spacial score (nSPS) is 20.5. The number of pyridine rings is 1.